The molecule has 0 saturated heterocycles. The zero-order valence-corrected chi connectivity index (χ0v) is 18.5. The fraction of sp³-hybridized carbons (Fsp3) is 0.389. The third-order valence-electron chi connectivity index (χ3n) is 4.13. The Morgan fingerprint density at radius 1 is 1.33 bits per heavy atom. The number of fused-ring (bicyclic) bond motifs is 1. The normalized spacial score (nSPS) is 11.9. The van der Waals surface area contributed by atoms with Gasteiger partial charge in [0.2, 0.25) is 0 Å². The third-order valence-corrected chi connectivity index (χ3v) is 6.26. The topological polar surface area (TPSA) is 82.0 Å². The lowest BCUT2D eigenvalue weighted by Gasteiger charge is -2.15. The van der Waals surface area contributed by atoms with Gasteiger partial charge in [0.25, 0.3) is 0 Å². The van der Waals surface area contributed by atoms with Crippen molar-refractivity contribution in [3.63, 3.8) is 0 Å². The van der Waals surface area contributed by atoms with Gasteiger partial charge in [-0.1, -0.05) is 19.6 Å². The number of nitrogens with zero attached hydrogens (tertiary/aromatic N) is 3. The van der Waals surface area contributed by atoms with E-state index < -0.39 is 14.0 Å². The highest BCUT2D eigenvalue weighted by atomic mass is 79.9. The molecule has 0 aliphatic carbocycles. The van der Waals surface area contributed by atoms with Gasteiger partial charge in [-0.15, -0.1) is 0 Å². The van der Waals surface area contributed by atoms with Gasteiger partial charge in [0.05, 0.1) is 7.11 Å². The number of methoxy groups -OCH3 is 1. The Labute approximate surface area is 167 Å². The highest BCUT2D eigenvalue weighted by molar-refractivity contribution is 9.10. The number of carbonyl (C=O) groups excluding carboxylic acids is 1. The number of pyridine rings is 1. The van der Waals surface area contributed by atoms with Crippen molar-refractivity contribution in [3.05, 3.63) is 34.7 Å². The lowest BCUT2D eigenvalue weighted by molar-refractivity contribution is 0.0595. The summed E-state index contributed by atoms with van der Waals surface area (Å²) in [4.78, 5) is 19.1. The van der Waals surface area contributed by atoms with Crippen LogP contribution in [0.25, 0.3) is 22.3 Å². The molecule has 3 rings (SSSR count). The molecular formula is C18H23BrN4O3Si. The molecule has 3 aromatic rings. The van der Waals surface area contributed by atoms with Crippen molar-refractivity contribution in [2.45, 2.75) is 32.4 Å². The Balaban J connectivity index is 1.90. The Bertz CT molecular complexity index is 961. The van der Waals surface area contributed by atoms with Gasteiger partial charge in [-0.2, -0.15) is 5.10 Å². The van der Waals surface area contributed by atoms with Gasteiger partial charge in [0, 0.05) is 42.5 Å². The van der Waals surface area contributed by atoms with E-state index in [0.29, 0.717) is 19.0 Å². The van der Waals surface area contributed by atoms with Crippen LogP contribution in [-0.2, 0) is 16.2 Å². The van der Waals surface area contributed by atoms with Crippen LogP contribution in [0, 0.1) is 0 Å². The predicted octanol–water partition coefficient (Wildman–Crippen LogP) is 4.29. The van der Waals surface area contributed by atoms with E-state index in [-0.39, 0.29) is 0 Å². The molecule has 0 bridgehead atoms. The Kier molecular flexibility index (Phi) is 5.83. The Morgan fingerprint density at radius 2 is 2.11 bits per heavy atom. The van der Waals surface area contributed by atoms with Crippen LogP contribution in [0.4, 0.5) is 0 Å². The molecule has 0 atom stereocenters. The summed E-state index contributed by atoms with van der Waals surface area (Å²) in [6.45, 7) is 8.01. The predicted molar refractivity (Wildman–Crippen MR) is 110 cm³/mol. The van der Waals surface area contributed by atoms with Gasteiger partial charge in [-0.05, 0) is 34.1 Å². The number of esters is 1. The smallest absolute Gasteiger partial charge is 0.354 e. The lowest BCUT2D eigenvalue weighted by atomic mass is 10.1. The summed E-state index contributed by atoms with van der Waals surface area (Å²) >= 11 is 3.47. The first-order valence-corrected chi connectivity index (χ1v) is 13.2. The molecule has 7 nitrogen and oxygen atoms in total. The van der Waals surface area contributed by atoms with Gasteiger partial charge >= 0.3 is 5.97 Å². The van der Waals surface area contributed by atoms with E-state index in [4.69, 9.17) is 9.47 Å². The first-order chi connectivity index (χ1) is 12.8. The molecule has 0 saturated carbocycles. The van der Waals surface area contributed by atoms with Crippen LogP contribution in [0.1, 0.15) is 10.5 Å². The van der Waals surface area contributed by atoms with Crippen molar-refractivity contribution in [1.29, 1.82) is 0 Å². The summed E-state index contributed by atoms with van der Waals surface area (Å²) in [7, 11) is 0.213. The summed E-state index contributed by atoms with van der Waals surface area (Å²) in [5.74, 6) is -0.418. The number of aromatic amines is 1. The molecule has 1 N–H and O–H groups in total. The number of halogens is 1. The molecule has 0 radical (unpaired) electrons. The van der Waals surface area contributed by atoms with E-state index in [1.807, 2.05) is 6.07 Å². The van der Waals surface area contributed by atoms with Gasteiger partial charge in [0.1, 0.15) is 18.1 Å². The van der Waals surface area contributed by atoms with Gasteiger partial charge in [-0.3, -0.25) is 0 Å². The minimum Gasteiger partial charge on any atom is -0.464 e. The number of hydrogen-bond acceptors (Lipinski definition) is 5. The fourth-order valence-corrected chi connectivity index (χ4v) is 3.71. The maximum Gasteiger partial charge on any atom is 0.354 e. The maximum atomic E-state index is 11.7. The van der Waals surface area contributed by atoms with Crippen molar-refractivity contribution < 1.29 is 14.3 Å². The van der Waals surface area contributed by atoms with Crippen molar-refractivity contribution in [1.82, 2.24) is 19.7 Å². The van der Waals surface area contributed by atoms with Gasteiger partial charge < -0.3 is 14.5 Å². The standard InChI is InChI=1S/C18H23BrN4O3Si/c1-25-18(24)15-7-12(9-20-15)16-14-8-13(19)10-21-17(14)23(22-16)11-26-5-6-27(2,3)4/h7-10,20H,5-6,11H2,1-4H3. The van der Waals surface area contributed by atoms with E-state index >= 15 is 0 Å². The number of carbonyl (C=O) groups is 1. The quantitative estimate of drug-likeness (QED) is 0.329. The van der Waals surface area contributed by atoms with Crippen molar-refractivity contribution in [2.75, 3.05) is 13.7 Å². The molecule has 144 valence electrons. The number of ether oxygens (including phenoxy) is 2. The minimum atomic E-state index is -1.14. The summed E-state index contributed by atoms with van der Waals surface area (Å²) in [5, 5.41) is 5.56. The van der Waals surface area contributed by atoms with Crippen LogP contribution in [0.2, 0.25) is 25.7 Å². The summed E-state index contributed by atoms with van der Waals surface area (Å²) in [5.41, 5.74) is 2.65. The number of nitrogens with one attached hydrogen (secondary N) is 1. The molecule has 3 aromatic heterocycles. The first-order valence-electron chi connectivity index (χ1n) is 8.65. The SMILES string of the molecule is COC(=O)c1cc(-c2nn(COCC[Si](C)(C)C)c3ncc(Br)cc23)c[nH]1. The number of rotatable bonds is 7. The van der Waals surface area contributed by atoms with Crippen LogP contribution in [0.5, 0.6) is 0 Å². The van der Waals surface area contributed by atoms with Crippen LogP contribution in [-0.4, -0.2) is 47.5 Å². The summed E-state index contributed by atoms with van der Waals surface area (Å²) < 4.78 is 13.2. The van der Waals surface area contributed by atoms with Crippen molar-refractivity contribution in [3.8, 4) is 11.3 Å². The highest BCUT2D eigenvalue weighted by Crippen LogP contribution is 2.29. The largest absolute Gasteiger partial charge is 0.464 e. The molecule has 0 aromatic carbocycles. The van der Waals surface area contributed by atoms with E-state index in [0.717, 1.165) is 32.8 Å². The fourth-order valence-electron chi connectivity index (χ4n) is 2.63. The van der Waals surface area contributed by atoms with Crippen LogP contribution in [0.3, 0.4) is 0 Å². The number of H-pyrrole nitrogens is 1. The first kappa shape index (κ1) is 19.8. The number of aromatic nitrogens is 4. The zero-order chi connectivity index (χ0) is 19.6. The average molecular weight is 451 g/mol. The molecule has 0 unspecified atom stereocenters. The second-order valence-electron chi connectivity index (χ2n) is 7.51. The molecule has 0 fully saturated rings. The minimum absolute atomic E-state index is 0.337. The van der Waals surface area contributed by atoms with Crippen LogP contribution >= 0.6 is 15.9 Å². The molecule has 0 aliphatic heterocycles. The number of hydrogen-bond donors (Lipinski definition) is 1. The van der Waals surface area contributed by atoms with Crippen LogP contribution < -0.4 is 0 Å². The van der Waals surface area contributed by atoms with E-state index in [2.05, 4.69) is 50.6 Å². The Hall–Kier alpha value is -1.97. The average Bonchev–Trinajstić information content (AvgIpc) is 3.22. The maximum absolute atomic E-state index is 11.7. The van der Waals surface area contributed by atoms with E-state index in [9.17, 15) is 4.79 Å². The lowest BCUT2D eigenvalue weighted by Crippen LogP contribution is -2.22. The summed E-state index contributed by atoms with van der Waals surface area (Å²) in [6, 6.07) is 4.79. The molecule has 9 heteroatoms. The van der Waals surface area contributed by atoms with E-state index in [1.54, 1.807) is 23.1 Å². The highest BCUT2D eigenvalue weighted by Gasteiger charge is 2.18. The molecule has 0 amide bonds. The third kappa shape index (κ3) is 4.66. The van der Waals surface area contributed by atoms with E-state index in [1.165, 1.54) is 7.11 Å². The van der Waals surface area contributed by atoms with Crippen LogP contribution in [0.15, 0.2) is 29.0 Å². The monoisotopic (exact) mass is 450 g/mol. The van der Waals surface area contributed by atoms with Gasteiger partial charge in [-0.25, -0.2) is 14.5 Å². The zero-order valence-electron chi connectivity index (χ0n) is 15.9. The second kappa shape index (κ2) is 7.95. The summed E-state index contributed by atoms with van der Waals surface area (Å²) in [6.07, 6.45) is 3.48. The second-order valence-corrected chi connectivity index (χ2v) is 14.1. The molecule has 3 heterocycles. The molecule has 27 heavy (non-hydrogen) atoms. The van der Waals surface area contributed by atoms with Crippen molar-refractivity contribution in [2.24, 2.45) is 0 Å². The Morgan fingerprint density at radius 3 is 2.81 bits per heavy atom. The molecule has 0 spiro atoms. The molecular weight excluding hydrogens is 428 g/mol. The molecule has 0 aliphatic rings. The van der Waals surface area contributed by atoms with Crippen molar-refractivity contribution >= 4 is 41.0 Å². The van der Waals surface area contributed by atoms with Gasteiger partial charge in [0.15, 0.2) is 5.65 Å².